The highest BCUT2D eigenvalue weighted by atomic mass is 32.2. The number of aliphatic carboxylic acids is 2. The van der Waals surface area contributed by atoms with Gasteiger partial charge in [-0.1, -0.05) is 0 Å². The molecular weight excluding hydrogens is 540 g/mol. The van der Waals surface area contributed by atoms with Crippen LogP contribution in [0, 0.1) is 5.92 Å². The molecule has 1 aromatic rings. The Hall–Kier alpha value is -2.50. The molecule has 3 rings (SSSR count). The fourth-order valence-electron chi connectivity index (χ4n) is 3.88. The van der Waals surface area contributed by atoms with E-state index in [1.165, 1.54) is 5.56 Å². The molecule has 3 atom stereocenters. The highest BCUT2D eigenvalue weighted by Crippen LogP contribution is 2.34. The summed E-state index contributed by atoms with van der Waals surface area (Å²) in [5, 5.41) is 14.2. The Labute approximate surface area is 208 Å². The van der Waals surface area contributed by atoms with Crippen molar-refractivity contribution in [2.75, 3.05) is 32.5 Å². The number of carboxylic acids is 2. The Kier molecular flexibility index (Phi) is 11.7. The van der Waals surface area contributed by atoms with E-state index < -0.39 is 34.3 Å². The summed E-state index contributed by atoms with van der Waals surface area (Å²) in [4.78, 5) is 24.2. The van der Waals surface area contributed by atoms with E-state index in [-0.39, 0.29) is 23.8 Å². The molecule has 0 amide bonds. The number of carbonyl (C=O) groups is 2. The predicted octanol–water partition coefficient (Wildman–Crippen LogP) is 2.22. The number of hydrogen-bond donors (Lipinski definition) is 2. The number of piperidine rings is 1. The highest BCUT2D eigenvalue weighted by molar-refractivity contribution is 7.89. The SMILES string of the molecule is CCS(=O)(=O)N1CC[C@H](OC)[C@H]2CN(Cc3ccncc3)C[C@H]21.O=C(O)C(F)(F)F.O=C(O)C(F)(F)F. The van der Waals surface area contributed by atoms with Crippen LogP contribution < -0.4 is 0 Å². The molecule has 0 saturated carbocycles. The second-order valence-corrected chi connectivity index (χ2v) is 10.2. The number of methoxy groups -OCH3 is 1. The zero-order chi connectivity index (χ0) is 28.6. The Balaban J connectivity index is 0.000000404. The maximum atomic E-state index is 12.4. The standard InChI is InChI=1S/C16H25N3O3S.2C2HF3O2/c1-3-23(20,21)19-9-6-16(22-2)14-11-18(12-15(14)19)10-13-4-7-17-8-5-13;2*3-2(4,5)1(6)7/h4-5,7-8,14-16H,3,6,9-12H2,1-2H3;2*(H,6,7)/t14-,15+,16-;;/m0../s1. The quantitative estimate of drug-likeness (QED) is 0.513. The minimum Gasteiger partial charge on any atom is -0.475 e. The molecule has 37 heavy (non-hydrogen) atoms. The van der Waals surface area contributed by atoms with Gasteiger partial charge in [0.2, 0.25) is 10.0 Å². The van der Waals surface area contributed by atoms with E-state index in [0.29, 0.717) is 6.54 Å². The smallest absolute Gasteiger partial charge is 0.475 e. The summed E-state index contributed by atoms with van der Waals surface area (Å²) < 4.78 is 95.7. The lowest BCUT2D eigenvalue weighted by Crippen LogP contribution is -2.53. The average molecular weight is 568 g/mol. The van der Waals surface area contributed by atoms with Crippen LogP contribution in [0.1, 0.15) is 18.9 Å². The van der Waals surface area contributed by atoms with Gasteiger partial charge in [-0.25, -0.2) is 18.0 Å². The molecule has 2 fully saturated rings. The van der Waals surface area contributed by atoms with Crippen molar-refractivity contribution in [2.45, 2.75) is 44.4 Å². The van der Waals surface area contributed by atoms with Gasteiger partial charge in [0.05, 0.1) is 11.9 Å². The maximum absolute atomic E-state index is 12.4. The minimum atomic E-state index is -5.08. The van der Waals surface area contributed by atoms with E-state index >= 15 is 0 Å². The fourth-order valence-corrected chi connectivity index (χ4v) is 5.23. The first-order chi connectivity index (χ1) is 16.9. The van der Waals surface area contributed by atoms with Gasteiger partial charge in [0.25, 0.3) is 0 Å². The van der Waals surface area contributed by atoms with E-state index in [1.54, 1.807) is 30.7 Å². The van der Waals surface area contributed by atoms with E-state index in [0.717, 1.165) is 26.1 Å². The summed E-state index contributed by atoms with van der Waals surface area (Å²) in [6, 6.07) is 4.05. The van der Waals surface area contributed by atoms with Gasteiger partial charge in [0.15, 0.2) is 0 Å². The second kappa shape index (κ2) is 13.3. The van der Waals surface area contributed by atoms with Crippen LogP contribution in [-0.2, 0) is 30.9 Å². The molecule has 0 spiro atoms. The van der Waals surface area contributed by atoms with Crippen molar-refractivity contribution >= 4 is 22.0 Å². The van der Waals surface area contributed by atoms with Crippen molar-refractivity contribution in [3.8, 4) is 0 Å². The minimum absolute atomic E-state index is 0.0282. The van der Waals surface area contributed by atoms with Gasteiger partial charge >= 0.3 is 24.3 Å². The number of nitrogens with zero attached hydrogens (tertiary/aromatic N) is 3. The number of rotatable bonds is 5. The number of likely N-dealkylation sites (tertiary alicyclic amines) is 1. The number of ether oxygens (including phenoxy) is 1. The Morgan fingerprint density at radius 2 is 1.54 bits per heavy atom. The number of halogens is 6. The number of hydrogen-bond acceptors (Lipinski definition) is 7. The lowest BCUT2D eigenvalue weighted by Gasteiger charge is -2.39. The zero-order valence-electron chi connectivity index (χ0n) is 19.7. The summed E-state index contributed by atoms with van der Waals surface area (Å²) >= 11 is 0. The van der Waals surface area contributed by atoms with Crippen molar-refractivity contribution in [2.24, 2.45) is 5.92 Å². The first-order valence-corrected chi connectivity index (χ1v) is 12.3. The molecule has 1 aromatic heterocycles. The average Bonchev–Trinajstić information content (AvgIpc) is 3.22. The lowest BCUT2D eigenvalue weighted by molar-refractivity contribution is -0.193. The largest absolute Gasteiger partial charge is 0.490 e. The molecule has 10 nitrogen and oxygen atoms in total. The number of aromatic nitrogens is 1. The van der Waals surface area contributed by atoms with Crippen molar-refractivity contribution < 1.29 is 59.3 Å². The number of carboxylic acid groups (broad SMARTS) is 2. The van der Waals surface area contributed by atoms with Crippen LogP contribution >= 0.6 is 0 Å². The van der Waals surface area contributed by atoms with Crippen LogP contribution in [0.3, 0.4) is 0 Å². The van der Waals surface area contributed by atoms with Gasteiger partial charge in [-0.05, 0) is 31.0 Å². The van der Waals surface area contributed by atoms with Gasteiger partial charge in [-0.3, -0.25) is 9.88 Å². The molecule has 0 unspecified atom stereocenters. The van der Waals surface area contributed by atoms with E-state index in [9.17, 15) is 34.8 Å². The van der Waals surface area contributed by atoms with Gasteiger partial charge in [0.1, 0.15) is 0 Å². The first kappa shape index (κ1) is 32.5. The van der Waals surface area contributed by atoms with Crippen molar-refractivity contribution in [3.63, 3.8) is 0 Å². The predicted molar refractivity (Wildman–Crippen MR) is 116 cm³/mol. The molecule has 2 N–H and O–H groups in total. The third kappa shape index (κ3) is 10.1. The Morgan fingerprint density at radius 1 is 1.05 bits per heavy atom. The van der Waals surface area contributed by atoms with Crippen molar-refractivity contribution in [1.82, 2.24) is 14.2 Å². The number of alkyl halides is 6. The van der Waals surface area contributed by atoms with E-state index in [4.69, 9.17) is 24.5 Å². The van der Waals surface area contributed by atoms with E-state index in [2.05, 4.69) is 9.88 Å². The fraction of sp³-hybridized carbons (Fsp3) is 0.650. The van der Waals surface area contributed by atoms with Crippen molar-refractivity contribution in [1.29, 1.82) is 0 Å². The van der Waals surface area contributed by atoms with Crippen LogP contribution in [0.5, 0.6) is 0 Å². The van der Waals surface area contributed by atoms with Crippen molar-refractivity contribution in [3.05, 3.63) is 30.1 Å². The Bertz CT molecular complexity index is 968. The van der Waals surface area contributed by atoms with Crippen LogP contribution in [0.25, 0.3) is 0 Å². The lowest BCUT2D eigenvalue weighted by atomic mass is 9.91. The molecular formula is C20H27F6N3O7S. The third-order valence-corrected chi connectivity index (χ3v) is 7.45. The molecule has 0 radical (unpaired) electrons. The van der Waals surface area contributed by atoms with Crippen LogP contribution in [0.4, 0.5) is 26.3 Å². The second-order valence-electron chi connectivity index (χ2n) is 7.96. The summed E-state index contributed by atoms with van der Waals surface area (Å²) in [6.45, 7) is 4.76. The van der Waals surface area contributed by atoms with E-state index in [1.807, 2.05) is 12.1 Å². The maximum Gasteiger partial charge on any atom is 0.490 e. The summed E-state index contributed by atoms with van der Waals surface area (Å²) in [5.41, 5.74) is 1.21. The molecule has 2 aliphatic rings. The zero-order valence-corrected chi connectivity index (χ0v) is 20.6. The molecule has 0 bridgehead atoms. The monoisotopic (exact) mass is 567 g/mol. The molecule has 0 aromatic carbocycles. The molecule has 0 aliphatic carbocycles. The number of pyridine rings is 1. The third-order valence-electron chi connectivity index (χ3n) is 5.56. The van der Waals surface area contributed by atoms with Gasteiger partial charge in [0, 0.05) is 57.6 Å². The van der Waals surface area contributed by atoms with Gasteiger partial charge in [-0.15, -0.1) is 0 Å². The normalized spacial score (nSPS) is 22.6. The summed E-state index contributed by atoms with van der Waals surface area (Å²) in [5.74, 6) is -5.10. The molecule has 17 heteroatoms. The molecule has 2 saturated heterocycles. The topological polar surface area (TPSA) is 137 Å². The number of sulfonamides is 1. The Morgan fingerprint density at radius 3 is 1.95 bits per heavy atom. The summed E-state index contributed by atoms with van der Waals surface area (Å²) in [6.07, 6.45) is -5.65. The first-order valence-electron chi connectivity index (χ1n) is 10.7. The molecule has 3 heterocycles. The van der Waals surface area contributed by atoms with Gasteiger partial charge in [-0.2, -0.15) is 30.6 Å². The highest BCUT2D eigenvalue weighted by Gasteiger charge is 2.47. The van der Waals surface area contributed by atoms with Gasteiger partial charge < -0.3 is 14.9 Å². The van der Waals surface area contributed by atoms with Crippen LogP contribution in [0.15, 0.2) is 24.5 Å². The van der Waals surface area contributed by atoms with Crippen LogP contribution in [-0.4, -0.2) is 102 Å². The molecule has 212 valence electrons. The molecule has 2 aliphatic heterocycles. The summed E-state index contributed by atoms with van der Waals surface area (Å²) in [7, 11) is -1.43. The number of fused-ring (bicyclic) bond motifs is 1. The van der Waals surface area contributed by atoms with Crippen LogP contribution in [0.2, 0.25) is 0 Å².